The van der Waals surface area contributed by atoms with Gasteiger partial charge in [0.25, 0.3) is 0 Å². The lowest BCUT2D eigenvalue weighted by atomic mass is 10.3. The normalized spacial score (nSPS) is 11.0. The van der Waals surface area contributed by atoms with Gasteiger partial charge in [0.1, 0.15) is 0 Å². The maximum atomic E-state index is 4.14. The summed E-state index contributed by atoms with van der Waals surface area (Å²) in [5.74, 6) is 0. The minimum atomic E-state index is 0.981. The van der Waals surface area contributed by atoms with E-state index in [1.54, 1.807) is 12.5 Å². The molecular formula is C8H7N3S. The summed E-state index contributed by atoms with van der Waals surface area (Å²) in [6, 6.07) is 1.97. The van der Waals surface area contributed by atoms with Gasteiger partial charge >= 0.3 is 0 Å². The van der Waals surface area contributed by atoms with Crippen molar-refractivity contribution in [2.75, 3.05) is 0 Å². The van der Waals surface area contributed by atoms with E-state index in [9.17, 15) is 0 Å². The molecule has 3 nitrogen and oxygen atoms in total. The Morgan fingerprint density at radius 1 is 1.42 bits per heavy atom. The molecule has 0 aliphatic rings. The first-order valence-electron chi connectivity index (χ1n) is 3.52. The van der Waals surface area contributed by atoms with Crippen molar-refractivity contribution in [2.45, 2.75) is 0 Å². The van der Waals surface area contributed by atoms with E-state index in [1.807, 2.05) is 23.6 Å². The molecule has 2 aromatic rings. The molecule has 0 fully saturated rings. The van der Waals surface area contributed by atoms with Crippen molar-refractivity contribution < 1.29 is 0 Å². The Hall–Kier alpha value is -1.42. The molecule has 0 saturated carbocycles. The molecule has 0 amide bonds. The number of imidazole rings is 1. The molecule has 1 N–H and O–H groups in total. The highest BCUT2D eigenvalue weighted by atomic mass is 32.1. The minimum absolute atomic E-state index is 0.981. The SMILES string of the molecule is C(=C\c1cnc[nH]1)/c1ccsn1. The molecule has 4 heteroatoms. The van der Waals surface area contributed by atoms with Gasteiger partial charge < -0.3 is 4.98 Å². The molecule has 0 bridgehead atoms. The summed E-state index contributed by atoms with van der Waals surface area (Å²) in [6.07, 6.45) is 7.32. The van der Waals surface area contributed by atoms with Crippen LogP contribution in [0.1, 0.15) is 11.4 Å². The van der Waals surface area contributed by atoms with Crippen LogP contribution in [0.4, 0.5) is 0 Å². The van der Waals surface area contributed by atoms with Gasteiger partial charge in [-0.2, -0.15) is 4.37 Å². The smallest absolute Gasteiger partial charge is 0.0924 e. The number of rotatable bonds is 2. The molecule has 2 rings (SSSR count). The van der Waals surface area contributed by atoms with Crippen LogP contribution in [-0.2, 0) is 0 Å². The number of hydrogen-bond donors (Lipinski definition) is 1. The third-order valence-electron chi connectivity index (χ3n) is 1.41. The summed E-state index contributed by atoms with van der Waals surface area (Å²) in [7, 11) is 0. The number of aromatic nitrogens is 3. The highest BCUT2D eigenvalue weighted by molar-refractivity contribution is 7.03. The molecule has 2 heterocycles. The van der Waals surface area contributed by atoms with Crippen molar-refractivity contribution in [3.63, 3.8) is 0 Å². The van der Waals surface area contributed by atoms with Gasteiger partial charge in [0.2, 0.25) is 0 Å². The van der Waals surface area contributed by atoms with Gasteiger partial charge in [-0.15, -0.1) is 0 Å². The van der Waals surface area contributed by atoms with Crippen LogP contribution in [0.2, 0.25) is 0 Å². The molecule has 0 aromatic carbocycles. The summed E-state index contributed by atoms with van der Waals surface area (Å²) in [4.78, 5) is 6.87. The van der Waals surface area contributed by atoms with Crippen molar-refractivity contribution >= 4 is 23.7 Å². The van der Waals surface area contributed by atoms with E-state index in [0.717, 1.165) is 11.4 Å². The van der Waals surface area contributed by atoms with Crippen LogP contribution < -0.4 is 0 Å². The summed E-state index contributed by atoms with van der Waals surface area (Å²) < 4.78 is 4.14. The largest absolute Gasteiger partial charge is 0.345 e. The summed E-state index contributed by atoms with van der Waals surface area (Å²) in [5.41, 5.74) is 1.97. The molecule has 0 aliphatic heterocycles. The molecule has 0 radical (unpaired) electrons. The van der Waals surface area contributed by atoms with Crippen LogP contribution in [0.5, 0.6) is 0 Å². The number of hydrogen-bond acceptors (Lipinski definition) is 3. The van der Waals surface area contributed by atoms with Crippen molar-refractivity contribution in [2.24, 2.45) is 0 Å². The Morgan fingerprint density at radius 2 is 2.42 bits per heavy atom. The maximum Gasteiger partial charge on any atom is 0.0924 e. The van der Waals surface area contributed by atoms with Gasteiger partial charge in [0.05, 0.1) is 23.9 Å². The zero-order valence-corrected chi connectivity index (χ0v) is 7.08. The second kappa shape index (κ2) is 3.32. The Kier molecular flexibility index (Phi) is 2.00. The van der Waals surface area contributed by atoms with Crippen LogP contribution in [0.15, 0.2) is 24.0 Å². The van der Waals surface area contributed by atoms with Gasteiger partial charge in [0, 0.05) is 5.38 Å². The molecule has 0 aliphatic carbocycles. The summed E-state index contributed by atoms with van der Waals surface area (Å²) in [6.45, 7) is 0. The summed E-state index contributed by atoms with van der Waals surface area (Å²) >= 11 is 1.45. The highest BCUT2D eigenvalue weighted by Crippen LogP contribution is 2.04. The monoisotopic (exact) mass is 177 g/mol. The quantitative estimate of drug-likeness (QED) is 0.762. The molecular weight excluding hydrogens is 170 g/mol. The fourth-order valence-corrected chi connectivity index (χ4v) is 1.35. The van der Waals surface area contributed by atoms with Crippen molar-refractivity contribution in [3.05, 3.63) is 35.4 Å². The molecule has 12 heavy (non-hydrogen) atoms. The van der Waals surface area contributed by atoms with Crippen molar-refractivity contribution in [3.8, 4) is 0 Å². The van der Waals surface area contributed by atoms with Crippen LogP contribution >= 0.6 is 11.5 Å². The van der Waals surface area contributed by atoms with Crippen LogP contribution in [-0.4, -0.2) is 14.3 Å². The number of aromatic amines is 1. The maximum absolute atomic E-state index is 4.14. The second-order valence-electron chi connectivity index (χ2n) is 2.26. The predicted octanol–water partition coefficient (Wildman–Crippen LogP) is 2.04. The van der Waals surface area contributed by atoms with E-state index >= 15 is 0 Å². The van der Waals surface area contributed by atoms with Gasteiger partial charge in [-0.1, -0.05) is 0 Å². The lowest BCUT2D eigenvalue weighted by Gasteiger charge is -1.81. The fraction of sp³-hybridized carbons (Fsp3) is 0. The Morgan fingerprint density at radius 3 is 3.08 bits per heavy atom. The van der Waals surface area contributed by atoms with Crippen molar-refractivity contribution in [1.29, 1.82) is 0 Å². The average molecular weight is 177 g/mol. The van der Waals surface area contributed by atoms with Gasteiger partial charge in [0.15, 0.2) is 0 Å². The minimum Gasteiger partial charge on any atom is -0.345 e. The first kappa shape index (κ1) is 7.24. The zero-order chi connectivity index (χ0) is 8.23. The van der Waals surface area contributed by atoms with E-state index in [-0.39, 0.29) is 0 Å². The predicted molar refractivity (Wildman–Crippen MR) is 49.6 cm³/mol. The lowest BCUT2D eigenvalue weighted by Crippen LogP contribution is -1.69. The third kappa shape index (κ3) is 1.60. The zero-order valence-electron chi connectivity index (χ0n) is 6.27. The van der Waals surface area contributed by atoms with E-state index in [4.69, 9.17) is 0 Å². The average Bonchev–Trinajstić information content (AvgIpc) is 2.74. The third-order valence-corrected chi connectivity index (χ3v) is 1.98. The first-order chi connectivity index (χ1) is 5.95. The standard InChI is InChI=1S/C8H7N3S/c1(7-3-4-12-11-7)2-8-5-9-6-10-8/h1-6H,(H,9,10)/b2-1+. The van der Waals surface area contributed by atoms with E-state index < -0.39 is 0 Å². The van der Waals surface area contributed by atoms with Crippen LogP contribution in [0.25, 0.3) is 12.2 Å². The summed E-state index contributed by atoms with van der Waals surface area (Å²) in [5, 5.41) is 1.95. The van der Waals surface area contributed by atoms with E-state index in [1.165, 1.54) is 11.5 Å². The van der Waals surface area contributed by atoms with Crippen LogP contribution in [0, 0.1) is 0 Å². The number of nitrogens with zero attached hydrogens (tertiary/aromatic N) is 2. The van der Waals surface area contributed by atoms with Gasteiger partial charge in [-0.3, -0.25) is 0 Å². The van der Waals surface area contributed by atoms with Gasteiger partial charge in [-0.25, -0.2) is 4.98 Å². The topological polar surface area (TPSA) is 41.6 Å². The highest BCUT2D eigenvalue weighted by Gasteiger charge is 1.88. The number of H-pyrrole nitrogens is 1. The van der Waals surface area contributed by atoms with Crippen LogP contribution in [0.3, 0.4) is 0 Å². The van der Waals surface area contributed by atoms with Gasteiger partial charge in [-0.05, 0) is 29.8 Å². The Bertz CT molecular complexity index is 311. The van der Waals surface area contributed by atoms with E-state index in [2.05, 4.69) is 14.3 Å². The first-order valence-corrected chi connectivity index (χ1v) is 4.35. The molecule has 0 spiro atoms. The number of nitrogens with one attached hydrogen (secondary N) is 1. The Balaban J connectivity index is 2.14. The fourth-order valence-electron chi connectivity index (χ4n) is 0.841. The molecule has 0 saturated heterocycles. The molecule has 60 valence electrons. The molecule has 0 atom stereocenters. The second-order valence-corrected chi connectivity index (χ2v) is 2.93. The molecule has 2 aromatic heterocycles. The Labute approximate surface area is 74.0 Å². The lowest BCUT2D eigenvalue weighted by molar-refractivity contribution is 1.31. The van der Waals surface area contributed by atoms with E-state index in [0.29, 0.717) is 0 Å². The molecule has 0 unspecified atom stereocenters. The van der Waals surface area contributed by atoms with Crippen molar-refractivity contribution in [1.82, 2.24) is 14.3 Å².